The van der Waals surface area contributed by atoms with Crippen molar-refractivity contribution in [2.45, 2.75) is 119 Å². The van der Waals surface area contributed by atoms with Gasteiger partial charge in [0.15, 0.2) is 11.5 Å². The van der Waals surface area contributed by atoms with E-state index in [1.54, 1.807) is 30.3 Å². The van der Waals surface area contributed by atoms with E-state index in [1.807, 2.05) is 0 Å². The van der Waals surface area contributed by atoms with Crippen LogP contribution in [-0.2, 0) is 55.9 Å². The number of carbonyl (C=O) groups excluding carboxylic acids is 7. The highest BCUT2D eigenvalue weighted by molar-refractivity contribution is 7.90. The lowest BCUT2D eigenvalue weighted by molar-refractivity contribution is -0.433. The molecule has 0 aliphatic carbocycles. The summed E-state index contributed by atoms with van der Waals surface area (Å²) >= 11 is 0.0763. The molecule has 0 aromatic heterocycles. The molecule has 27 nitrogen and oxygen atoms in total. The summed E-state index contributed by atoms with van der Waals surface area (Å²) in [5.74, 6) is -8.35. The van der Waals surface area contributed by atoms with Crippen LogP contribution in [0.15, 0.2) is 48.5 Å². The quantitative estimate of drug-likeness (QED) is 0.0367. The zero-order valence-electron chi connectivity index (χ0n) is 38.4. The number of phenolic OH excluding ortho intramolecular Hbond substituents is 1. The van der Waals surface area contributed by atoms with Crippen LogP contribution in [0.3, 0.4) is 0 Å². The number of β-amino-alcohol motifs (C(OH)–C–C–N with tert-alkyl or cyclic N) is 1. The third-order valence-corrected chi connectivity index (χ3v) is 12.4. The lowest BCUT2D eigenvalue weighted by Crippen LogP contribution is -2.64. The summed E-state index contributed by atoms with van der Waals surface area (Å²) in [4.78, 5) is 99.1. The number of amides is 7. The second-order valence-electron chi connectivity index (χ2n) is 17.5. The number of hydrogen-bond acceptors (Lipinski definition) is 21. The number of nitrogens with two attached hydrogens (primary N) is 1. The number of aromatic hydroxyl groups is 1. The van der Waals surface area contributed by atoms with Crippen LogP contribution in [0.1, 0.15) is 44.2 Å². The SMILES string of the molecule is CC(O)C1NC(=O)[C@@H](N)C[C@H](O)CNC(=O)C2[C@@H](O)C(C)CN2C(=O)[C@H]([C@H](O)CCNC(=O)OCc2ccccc2)NC(=O)C([C@H](O)Cc2ccc(O)c(OSOOO)c2)NC(=O)C2CC(O)CN2C1=O. The first-order valence-corrected chi connectivity index (χ1v) is 23.1. The van der Waals surface area contributed by atoms with Crippen molar-refractivity contribution in [3.63, 3.8) is 0 Å². The molecule has 3 fully saturated rings. The highest BCUT2D eigenvalue weighted by atomic mass is 32.2. The van der Waals surface area contributed by atoms with Crippen LogP contribution >= 0.6 is 12.3 Å². The number of hydrogen-bond donors (Lipinski definition) is 14. The van der Waals surface area contributed by atoms with Crippen LogP contribution in [0, 0.1) is 5.92 Å². The van der Waals surface area contributed by atoms with Crippen molar-refractivity contribution in [3.8, 4) is 11.5 Å². The molecule has 3 saturated heterocycles. The van der Waals surface area contributed by atoms with E-state index in [-0.39, 0.29) is 43.3 Å². The normalized spacial score (nSPS) is 28.5. The molecule has 71 heavy (non-hydrogen) atoms. The molecule has 7 unspecified atom stereocenters. The monoisotopic (exact) mass is 1020 g/mol. The van der Waals surface area contributed by atoms with Crippen molar-refractivity contribution < 1.29 is 92.9 Å². The molecule has 13 atom stereocenters. The van der Waals surface area contributed by atoms with Gasteiger partial charge in [-0.25, -0.2) is 10.1 Å². The molecule has 28 heteroatoms. The van der Waals surface area contributed by atoms with Gasteiger partial charge in [0.05, 0.1) is 42.7 Å². The highest BCUT2D eigenvalue weighted by Gasteiger charge is 2.49. The van der Waals surface area contributed by atoms with Crippen molar-refractivity contribution in [1.82, 2.24) is 36.4 Å². The van der Waals surface area contributed by atoms with Crippen LogP contribution in [0.4, 0.5) is 4.79 Å². The predicted octanol–water partition coefficient (Wildman–Crippen LogP) is -4.45. The number of phenols is 1. The number of aliphatic hydroxyl groups is 6. The van der Waals surface area contributed by atoms with Gasteiger partial charge in [0.25, 0.3) is 12.3 Å². The fourth-order valence-electron chi connectivity index (χ4n) is 8.26. The molecule has 0 radical (unpaired) electrons. The van der Waals surface area contributed by atoms with Gasteiger partial charge in [-0.2, -0.15) is 0 Å². The van der Waals surface area contributed by atoms with Crippen molar-refractivity contribution in [2.75, 3.05) is 26.2 Å². The number of alkyl carbamates (subject to hydrolysis) is 1. The van der Waals surface area contributed by atoms with Gasteiger partial charge >= 0.3 is 6.09 Å². The van der Waals surface area contributed by atoms with Gasteiger partial charge in [0, 0.05) is 44.9 Å². The molecule has 5 rings (SSSR count). The summed E-state index contributed by atoms with van der Waals surface area (Å²) in [5, 5.41) is 101. The average molecular weight is 1030 g/mol. The Morgan fingerprint density at radius 3 is 2.20 bits per heavy atom. The standard InChI is InChI=1S/C43H60N8O19S/c1-20-17-51-35(36(20)58)40(62)46-16-24(53)14-26(44)37(59)47-32(21(2)52)41(63)50-18-25(54)15-27(50)38(60)48-33(30(57)12-23-8-9-28(55)31(13-23)68-71-70-69-66)39(61)49-34(42(51)64)29(56)10-11-45-43(65)67-19-22-6-4-3-5-7-22/h3-9,13,20-21,24-27,29-30,32-36,52-58,66H,10-12,14-19,44H2,1-2H3,(H,45,65)(H,46,62)(H,47,59)(H,48,60)(H,49,61)/t20?,21?,24-,25?,26-,27?,29+,30+,32?,33?,34-,35?,36-/m0/s1. The van der Waals surface area contributed by atoms with Gasteiger partial charge in [-0.15, -0.1) is 0 Å². The minimum atomic E-state index is -2.12. The smallest absolute Gasteiger partial charge is 0.407 e. The Morgan fingerprint density at radius 2 is 1.51 bits per heavy atom. The molecule has 392 valence electrons. The van der Waals surface area contributed by atoms with E-state index in [9.17, 15) is 69.3 Å². The molecule has 15 N–H and O–H groups in total. The van der Waals surface area contributed by atoms with E-state index in [4.69, 9.17) is 19.9 Å². The van der Waals surface area contributed by atoms with E-state index >= 15 is 0 Å². The minimum Gasteiger partial charge on any atom is -0.504 e. The largest absolute Gasteiger partial charge is 0.504 e. The molecule has 0 saturated carbocycles. The summed E-state index contributed by atoms with van der Waals surface area (Å²) in [6, 6.07) is 1.38. The fraction of sp³-hybridized carbons (Fsp3) is 0.558. The van der Waals surface area contributed by atoms with E-state index in [0.717, 1.165) is 22.8 Å². The van der Waals surface area contributed by atoms with Crippen LogP contribution < -0.4 is 36.5 Å². The Morgan fingerprint density at radius 1 is 0.831 bits per heavy atom. The molecule has 0 bridgehead atoms. The number of nitrogens with one attached hydrogen (secondary N) is 5. The number of fused-ring (bicyclic) bond motifs is 2. The van der Waals surface area contributed by atoms with E-state index in [0.29, 0.717) is 5.56 Å². The van der Waals surface area contributed by atoms with Gasteiger partial charge in [0.1, 0.15) is 36.8 Å². The number of carbonyl (C=O) groups is 7. The maximum absolute atomic E-state index is 14.7. The third-order valence-electron chi connectivity index (χ3n) is 12.1. The first-order valence-electron chi connectivity index (χ1n) is 22.4. The van der Waals surface area contributed by atoms with E-state index in [1.165, 1.54) is 19.1 Å². The van der Waals surface area contributed by atoms with Gasteiger partial charge in [-0.1, -0.05) is 52.7 Å². The zero-order valence-corrected chi connectivity index (χ0v) is 39.3. The summed E-state index contributed by atoms with van der Waals surface area (Å²) in [5.41, 5.74) is 6.85. The maximum atomic E-state index is 14.7. The lowest BCUT2D eigenvalue weighted by atomic mass is 9.98. The fourth-order valence-corrected chi connectivity index (χ4v) is 8.52. The van der Waals surface area contributed by atoms with Gasteiger partial charge < -0.3 is 86.8 Å². The minimum absolute atomic E-state index is 0.0763. The Balaban J connectivity index is 1.53. The first kappa shape index (κ1) is 56.0. The Hall–Kier alpha value is -5.92. The average Bonchev–Trinajstić information content (AvgIpc) is 3.88. The van der Waals surface area contributed by atoms with Crippen LogP contribution in [0.25, 0.3) is 0 Å². The molecule has 3 aliphatic heterocycles. The zero-order chi connectivity index (χ0) is 52.1. The van der Waals surface area contributed by atoms with Crippen LogP contribution in [0.5, 0.6) is 11.5 Å². The van der Waals surface area contributed by atoms with Gasteiger partial charge in [-0.3, -0.25) is 28.8 Å². The second kappa shape index (κ2) is 26.0. The molecule has 2 aromatic carbocycles. The molecule has 3 heterocycles. The molecular weight excluding hydrogens is 965 g/mol. The predicted molar refractivity (Wildman–Crippen MR) is 242 cm³/mol. The van der Waals surface area contributed by atoms with Gasteiger partial charge in [0.2, 0.25) is 35.4 Å². The third kappa shape index (κ3) is 15.1. The maximum Gasteiger partial charge on any atom is 0.407 e. The van der Waals surface area contributed by atoms with Gasteiger partial charge in [-0.05, 0) is 43.0 Å². The van der Waals surface area contributed by atoms with Crippen molar-refractivity contribution in [3.05, 3.63) is 59.7 Å². The molecule has 7 amide bonds. The van der Waals surface area contributed by atoms with E-state index < -0.39 is 165 Å². The van der Waals surface area contributed by atoms with Crippen molar-refractivity contribution in [1.29, 1.82) is 0 Å². The molecule has 3 aliphatic rings. The summed E-state index contributed by atoms with van der Waals surface area (Å²) < 4.78 is 14.5. The first-order chi connectivity index (χ1) is 33.7. The van der Waals surface area contributed by atoms with Crippen LogP contribution in [-0.4, -0.2) is 191 Å². The molecule has 0 spiro atoms. The highest BCUT2D eigenvalue weighted by Crippen LogP contribution is 2.31. The second-order valence-corrected chi connectivity index (χ2v) is 17.9. The van der Waals surface area contributed by atoms with E-state index in [2.05, 4.69) is 36.0 Å². The van der Waals surface area contributed by atoms with Crippen molar-refractivity contribution >= 4 is 53.9 Å². The summed E-state index contributed by atoms with van der Waals surface area (Å²) in [7, 11) is 0. The molecular formula is C43H60N8O19S. The molecule has 2 aromatic rings. The number of benzene rings is 2. The Kier molecular flexibility index (Phi) is 20.5. The number of ether oxygens (including phenoxy) is 1. The van der Waals surface area contributed by atoms with Crippen LogP contribution in [0.2, 0.25) is 0 Å². The summed E-state index contributed by atoms with van der Waals surface area (Å²) in [6.45, 7) is 0.755. The number of aliphatic hydroxyl groups excluding tert-OH is 6. The Labute approximate surface area is 410 Å². The Bertz CT molecular complexity index is 2180. The summed E-state index contributed by atoms with van der Waals surface area (Å²) in [6.07, 6.45) is -12.9. The lowest BCUT2D eigenvalue weighted by Gasteiger charge is -2.34. The topological polar surface area (TPSA) is 411 Å². The number of rotatable bonds is 14. The number of nitrogens with zero attached hydrogens (tertiary/aromatic N) is 2. The van der Waals surface area contributed by atoms with Crippen molar-refractivity contribution in [2.24, 2.45) is 11.7 Å².